The van der Waals surface area contributed by atoms with Crippen LogP contribution in [-0.2, 0) is 6.42 Å². The molecule has 1 aliphatic heterocycles. The molecule has 0 unspecified atom stereocenters. The van der Waals surface area contributed by atoms with Crippen LogP contribution in [0.3, 0.4) is 0 Å². The maximum Gasteiger partial charge on any atom is 0.117 e. The number of phenols is 1. The van der Waals surface area contributed by atoms with Crippen molar-refractivity contribution in [2.24, 2.45) is 0 Å². The summed E-state index contributed by atoms with van der Waals surface area (Å²) >= 11 is 0. The van der Waals surface area contributed by atoms with Crippen molar-refractivity contribution in [3.05, 3.63) is 23.8 Å². The van der Waals surface area contributed by atoms with E-state index in [0.717, 1.165) is 18.7 Å². The van der Waals surface area contributed by atoms with Crippen molar-refractivity contribution in [1.82, 2.24) is 0 Å². The normalized spacial score (nSPS) is 14.4. The summed E-state index contributed by atoms with van der Waals surface area (Å²) in [6.45, 7) is 0.999. The molecular formula is C8H9NO. The Hall–Kier alpha value is -1.18. The molecule has 0 saturated carbocycles. The van der Waals surface area contributed by atoms with E-state index in [1.807, 2.05) is 6.07 Å². The zero-order chi connectivity index (χ0) is 6.97. The Morgan fingerprint density at radius 2 is 2.30 bits per heavy atom. The summed E-state index contributed by atoms with van der Waals surface area (Å²) in [4.78, 5) is 0. The van der Waals surface area contributed by atoms with Crippen molar-refractivity contribution in [3.63, 3.8) is 0 Å². The molecule has 2 rings (SSSR count). The second-order valence-corrected chi connectivity index (χ2v) is 2.52. The first kappa shape index (κ1) is 5.59. The molecule has 10 heavy (non-hydrogen) atoms. The maximum absolute atomic E-state index is 9.06. The summed E-state index contributed by atoms with van der Waals surface area (Å²) < 4.78 is 0. The van der Waals surface area contributed by atoms with Crippen LogP contribution in [-0.4, -0.2) is 11.7 Å². The van der Waals surface area contributed by atoms with Crippen LogP contribution < -0.4 is 5.32 Å². The maximum atomic E-state index is 9.06. The molecule has 52 valence electrons. The van der Waals surface area contributed by atoms with Gasteiger partial charge < -0.3 is 10.4 Å². The van der Waals surface area contributed by atoms with Gasteiger partial charge in [-0.1, -0.05) is 6.07 Å². The van der Waals surface area contributed by atoms with Crippen LogP contribution in [0.1, 0.15) is 5.56 Å². The summed E-state index contributed by atoms with van der Waals surface area (Å²) in [7, 11) is 0. The van der Waals surface area contributed by atoms with Gasteiger partial charge in [-0.2, -0.15) is 0 Å². The Balaban J connectivity index is 2.52. The van der Waals surface area contributed by atoms with Gasteiger partial charge in [0.05, 0.1) is 0 Å². The fourth-order valence-corrected chi connectivity index (χ4v) is 1.28. The highest BCUT2D eigenvalue weighted by molar-refractivity contribution is 5.58. The van der Waals surface area contributed by atoms with E-state index < -0.39 is 0 Å². The zero-order valence-corrected chi connectivity index (χ0v) is 5.59. The predicted molar refractivity (Wildman–Crippen MR) is 40.3 cm³/mol. The van der Waals surface area contributed by atoms with Gasteiger partial charge in [0.25, 0.3) is 0 Å². The van der Waals surface area contributed by atoms with E-state index in [4.69, 9.17) is 5.11 Å². The number of phenolic OH excluding ortho intramolecular Hbond substituents is 1. The van der Waals surface area contributed by atoms with E-state index in [0.29, 0.717) is 5.75 Å². The molecule has 2 N–H and O–H groups in total. The van der Waals surface area contributed by atoms with Gasteiger partial charge in [0, 0.05) is 18.3 Å². The highest BCUT2D eigenvalue weighted by Gasteiger charge is 2.08. The Labute approximate surface area is 59.5 Å². The first-order valence-corrected chi connectivity index (χ1v) is 3.42. The highest BCUT2D eigenvalue weighted by atomic mass is 16.3. The van der Waals surface area contributed by atoms with Crippen molar-refractivity contribution in [2.75, 3.05) is 11.9 Å². The van der Waals surface area contributed by atoms with Gasteiger partial charge in [0.15, 0.2) is 0 Å². The molecule has 2 nitrogen and oxygen atoms in total. The van der Waals surface area contributed by atoms with E-state index in [1.54, 1.807) is 12.1 Å². The summed E-state index contributed by atoms with van der Waals surface area (Å²) in [6.07, 6.45) is 1.08. The van der Waals surface area contributed by atoms with Crippen molar-refractivity contribution >= 4 is 5.69 Å². The summed E-state index contributed by atoms with van der Waals surface area (Å²) in [5.74, 6) is 0.341. The molecule has 0 spiro atoms. The van der Waals surface area contributed by atoms with Crippen LogP contribution in [0.15, 0.2) is 18.2 Å². The Kier molecular flexibility index (Phi) is 1.07. The molecule has 0 fully saturated rings. The van der Waals surface area contributed by atoms with Crippen molar-refractivity contribution in [1.29, 1.82) is 0 Å². The number of hydrogen-bond donors (Lipinski definition) is 2. The molecule has 1 heterocycles. The van der Waals surface area contributed by atoms with Crippen LogP contribution in [0, 0.1) is 0 Å². The van der Waals surface area contributed by atoms with Crippen LogP contribution in [0.5, 0.6) is 5.75 Å². The second kappa shape index (κ2) is 1.90. The molecule has 0 saturated heterocycles. The van der Waals surface area contributed by atoms with Crippen LogP contribution >= 0.6 is 0 Å². The average molecular weight is 135 g/mol. The van der Waals surface area contributed by atoms with E-state index in [1.165, 1.54) is 5.56 Å². The number of hydrogen-bond acceptors (Lipinski definition) is 2. The van der Waals surface area contributed by atoms with Gasteiger partial charge in [-0.15, -0.1) is 0 Å². The molecule has 0 radical (unpaired) electrons. The van der Waals surface area contributed by atoms with E-state index in [9.17, 15) is 0 Å². The fourth-order valence-electron chi connectivity index (χ4n) is 1.28. The third-order valence-corrected chi connectivity index (χ3v) is 1.80. The lowest BCUT2D eigenvalue weighted by atomic mass is 10.2. The van der Waals surface area contributed by atoms with Gasteiger partial charge in [-0.25, -0.2) is 0 Å². The molecule has 0 aliphatic carbocycles. The topological polar surface area (TPSA) is 32.3 Å². The molecule has 0 atom stereocenters. The fraction of sp³-hybridized carbons (Fsp3) is 0.250. The minimum atomic E-state index is 0.341. The van der Waals surface area contributed by atoms with Gasteiger partial charge in [0.1, 0.15) is 5.75 Å². The first-order chi connectivity index (χ1) is 4.86. The summed E-state index contributed by atoms with van der Waals surface area (Å²) in [6, 6.07) is 5.46. The minimum Gasteiger partial charge on any atom is -0.508 e. The first-order valence-electron chi connectivity index (χ1n) is 3.42. The summed E-state index contributed by atoms with van der Waals surface area (Å²) in [5, 5.41) is 12.2. The largest absolute Gasteiger partial charge is 0.508 e. The number of nitrogens with one attached hydrogen (secondary N) is 1. The van der Waals surface area contributed by atoms with Crippen molar-refractivity contribution < 1.29 is 5.11 Å². The minimum absolute atomic E-state index is 0.341. The molecule has 0 aromatic heterocycles. The SMILES string of the molecule is Oc1ccc2c(c1)NCC2. The Bertz CT molecular complexity index is 257. The molecule has 2 heteroatoms. The monoisotopic (exact) mass is 135 g/mol. The lowest BCUT2D eigenvalue weighted by Gasteiger charge is -1.98. The van der Waals surface area contributed by atoms with Gasteiger partial charge in [0.2, 0.25) is 0 Å². The summed E-state index contributed by atoms with van der Waals surface area (Å²) in [5.41, 5.74) is 2.39. The van der Waals surface area contributed by atoms with Crippen LogP contribution in [0.4, 0.5) is 5.69 Å². The third-order valence-electron chi connectivity index (χ3n) is 1.80. The van der Waals surface area contributed by atoms with Gasteiger partial charge in [-0.05, 0) is 18.1 Å². The second-order valence-electron chi connectivity index (χ2n) is 2.52. The number of fused-ring (bicyclic) bond motifs is 1. The van der Waals surface area contributed by atoms with E-state index in [-0.39, 0.29) is 0 Å². The molecule has 1 aromatic carbocycles. The molecule has 0 bridgehead atoms. The number of rotatable bonds is 0. The van der Waals surface area contributed by atoms with Gasteiger partial charge in [-0.3, -0.25) is 0 Å². The smallest absolute Gasteiger partial charge is 0.117 e. The molecular weight excluding hydrogens is 126 g/mol. The van der Waals surface area contributed by atoms with E-state index >= 15 is 0 Å². The lowest BCUT2D eigenvalue weighted by molar-refractivity contribution is 0.475. The van der Waals surface area contributed by atoms with Crippen LogP contribution in [0.25, 0.3) is 0 Å². The predicted octanol–water partition coefficient (Wildman–Crippen LogP) is 1.36. The zero-order valence-electron chi connectivity index (χ0n) is 5.59. The quantitative estimate of drug-likeness (QED) is 0.563. The molecule has 1 aromatic rings. The standard InChI is InChI=1S/C8H9NO/c10-7-2-1-6-3-4-9-8(6)5-7/h1-2,5,9-10H,3-4H2. The van der Waals surface area contributed by atoms with Crippen LogP contribution in [0.2, 0.25) is 0 Å². The van der Waals surface area contributed by atoms with Crippen molar-refractivity contribution in [2.45, 2.75) is 6.42 Å². The number of anilines is 1. The number of benzene rings is 1. The highest BCUT2D eigenvalue weighted by Crippen LogP contribution is 2.25. The number of aromatic hydroxyl groups is 1. The molecule has 0 amide bonds. The van der Waals surface area contributed by atoms with Gasteiger partial charge >= 0.3 is 0 Å². The average Bonchev–Trinajstić information content (AvgIpc) is 2.33. The lowest BCUT2D eigenvalue weighted by Crippen LogP contribution is -1.90. The Morgan fingerprint density at radius 1 is 1.40 bits per heavy atom. The van der Waals surface area contributed by atoms with Crippen molar-refractivity contribution in [3.8, 4) is 5.75 Å². The Morgan fingerprint density at radius 3 is 3.20 bits per heavy atom. The van der Waals surface area contributed by atoms with E-state index in [2.05, 4.69) is 5.32 Å². The molecule has 1 aliphatic rings. The third kappa shape index (κ3) is 0.727.